The molecule has 3 N–H and O–H groups in total. The van der Waals surface area contributed by atoms with Gasteiger partial charge >= 0.3 is 5.97 Å². The number of aliphatic imine (C=N–C) groups is 1. The van der Waals surface area contributed by atoms with Crippen LogP contribution in [0.25, 0.3) is 0 Å². The van der Waals surface area contributed by atoms with Crippen molar-refractivity contribution in [2.75, 3.05) is 6.61 Å². The third-order valence-corrected chi connectivity index (χ3v) is 4.18. The van der Waals surface area contributed by atoms with Gasteiger partial charge in [-0.1, -0.05) is 0 Å². The lowest BCUT2D eigenvalue weighted by atomic mass is 9.99. The summed E-state index contributed by atoms with van der Waals surface area (Å²) >= 11 is 4.53. The van der Waals surface area contributed by atoms with Crippen LogP contribution in [-0.2, 0) is 14.4 Å². The Morgan fingerprint density at radius 3 is 2.07 bits per heavy atom. The smallest absolute Gasteiger partial charge is 0.307 e. The molecule has 0 radical (unpaired) electrons. The first-order valence-corrected chi connectivity index (χ1v) is 9.19. The summed E-state index contributed by atoms with van der Waals surface area (Å²) in [6.45, 7) is -0.363. The molecule has 9 heteroatoms. The molecule has 0 aliphatic heterocycles. The maximum Gasteiger partial charge on any atom is 0.307 e. The summed E-state index contributed by atoms with van der Waals surface area (Å²) in [6.07, 6.45) is -0.783. The lowest BCUT2D eigenvalue weighted by molar-refractivity contribution is -0.145. The second kappa shape index (κ2) is 10.8. The molecule has 0 saturated carbocycles. The number of carbonyl (C=O) groups excluding carboxylic acids is 3. The lowest BCUT2D eigenvalue weighted by Crippen LogP contribution is -2.26. The van der Waals surface area contributed by atoms with Crippen LogP contribution in [0.3, 0.4) is 0 Å². The summed E-state index contributed by atoms with van der Waals surface area (Å²) in [5.41, 5.74) is 6.47. The zero-order chi connectivity index (χ0) is 22.1. The minimum atomic E-state index is -1.27. The van der Waals surface area contributed by atoms with Gasteiger partial charge in [0.25, 0.3) is 0 Å². The molecule has 154 valence electrons. The van der Waals surface area contributed by atoms with E-state index >= 15 is 0 Å². The average Bonchev–Trinajstić information content (AvgIpc) is 2.72. The predicted octanol–water partition coefficient (Wildman–Crippen LogP) is 2.57. The number of amides is 1. The van der Waals surface area contributed by atoms with Crippen LogP contribution in [0.15, 0.2) is 53.5 Å². The van der Waals surface area contributed by atoms with Crippen molar-refractivity contribution in [3.8, 4) is 5.75 Å². The van der Waals surface area contributed by atoms with Gasteiger partial charge < -0.3 is 15.6 Å². The molecular formula is C21H18N2O6S. The Hall–Kier alpha value is -3.68. The third-order valence-electron chi connectivity index (χ3n) is 4.09. The van der Waals surface area contributed by atoms with Crippen LogP contribution in [0, 0.1) is 5.92 Å². The SMILES string of the molecule is NC(=O)CC(CC(=O)COc1ccc(C(=O)c2ccc(N=C=S)cc2)cc1)C(=O)O. The van der Waals surface area contributed by atoms with E-state index in [9.17, 15) is 19.2 Å². The molecular weight excluding hydrogens is 408 g/mol. The summed E-state index contributed by atoms with van der Waals surface area (Å²) in [6, 6.07) is 12.7. The number of isothiocyanates is 1. The van der Waals surface area contributed by atoms with Gasteiger partial charge in [0.05, 0.1) is 16.8 Å². The number of primary amides is 1. The standard InChI is InChI=1S/C21H18N2O6S/c22-19(25)10-15(21(27)28)9-17(24)11-29-18-7-3-14(4-8-18)20(26)13-1-5-16(6-2-13)23-12-30/h1-8,15H,9-11H2,(H2,22,25)(H,27,28). The van der Waals surface area contributed by atoms with E-state index in [-0.39, 0.29) is 18.8 Å². The first-order valence-electron chi connectivity index (χ1n) is 8.78. The van der Waals surface area contributed by atoms with Crippen LogP contribution < -0.4 is 10.5 Å². The molecule has 2 aromatic carbocycles. The maximum absolute atomic E-state index is 12.5. The van der Waals surface area contributed by atoms with Gasteiger partial charge in [0.2, 0.25) is 5.91 Å². The Balaban J connectivity index is 1.94. The minimum Gasteiger partial charge on any atom is -0.486 e. The van der Waals surface area contributed by atoms with Crippen LogP contribution in [0.4, 0.5) is 5.69 Å². The lowest BCUT2D eigenvalue weighted by Gasteiger charge is -2.10. The van der Waals surface area contributed by atoms with Crippen LogP contribution in [0.5, 0.6) is 5.75 Å². The second-order valence-corrected chi connectivity index (χ2v) is 6.52. The Bertz CT molecular complexity index is 995. The van der Waals surface area contributed by atoms with Crippen molar-refractivity contribution < 1.29 is 29.0 Å². The van der Waals surface area contributed by atoms with E-state index in [0.717, 1.165) is 0 Å². The Morgan fingerprint density at radius 2 is 1.57 bits per heavy atom. The monoisotopic (exact) mass is 426 g/mol. The first kappa shape index (κ1) is 22.6. The van der Waals surface area contributed by atoms with Crippen LogP contribution in [-0.4, -0.2) is 40.3 Å². The summed E-state index contributed by atoms with van der Waals surface area (Å²) in [5.74, 6) is -3.59. The van der Waals surface area contributed by atoms with Crippen molar-refractivity contribution >= 4 is 46.5 Å². The molecule has 30 heavy (non-hydrogen) atoms. The Labute approximate surface area is 177 Å². The number of ether oxygens (including phenoxy) is 1. The number of ketones is 2. The van der Waals surface area contributed by atoms with Gasteiger partial charge in [-0.2, -0.15) is 4.99 Å². The van der Waals surface area contributed by atoms with Gasteiger partial charge in [-0.25, -0.2) is 0 Å². The quantitative estimate of drug-likeness (QED) is 0.320. The summed E-state index contributed by atoms with van der Waals surface area (Å²) in [7, 11) is 0. The highest BCUT2D eigenvalue weighted by Gasteiger charge is 2.23. The van der Waals surface area contributed by atoms with Gasteiger partial charge in [-0.3, -0.25) is 19.2 Å². The van der Waals surface area contributed by atoms with Crippen LogP contribution >= 0.6 is 12.2 Å². The molecule has 0 fully saturated rings. The summed E-state index contributed by atoms with van der Waals surface area (Å²) in [4.78, 5) is 50.2. The molecule has 2 aromatic rings. The molecule has 8 nitrogen and oxygen atoms in total. The minimum absolute atomic E-state index is 0.203. The number of hydrogen-bond donors (Lipinski definition) is 2. The van der Waals surface area contributed by atoms with E-state index in [1.807, 2.05) is 0 Å². The van der Waals surface area contributed by atoms with Gasteiger partial charge in [0.15, 0.2) is 11.6 Å². The third kappa shape index (κ3) is 6.73. The van der Waals surface area contributed by atoms with Crippen molar-refractivity contribution in [1.29, 1.82) is 0 Å². The number of rotatable bonds is 11. The Morgan fingerprint density at radius 1 is 1.00 bits per heavy atom. The average molecular weight is 426 g/mol. The molecule has 0 aromatic heterocycles. The number of thiocarbonyl (C=S) groups is 1. The maximum atomic E-state index is 12.5. The number of benzene rings is 2. The molecule has 0 saturated heterocycles. The zero-order valence-corrected chi connectivity index (χ0v) is 16.6. The van der Waals surface area contributed by atoms with E-state index in [4.69, 9.17) is 15.6 Å². The van der Waals surface area contributed by atoms with Crippen molar-refractivity contribution in [3.63, 3.8) is 0 Å². The van der Waals surface area contributed by atoms with Gasteiger partial charge in [0.1, 0.15) is 12.4 Å². The number of nitrogens with zero attached hydrogens (tertiary/aromatic N) is 1. The van der Waals surface area contributed by atoms with E-state index in [1.54, 1.807) is 36.4 Å². The van der Waals surface area contributed by atoms with Crippen molar-refractivity contribution in [1.82, 2.24) is 0 Å². The van der Waals surface area contributed by atoms with E-state index in [0.29, 0.717) is 22.6 Å². The van der Waals surface area contributed by atoms with Crippen LogP contribution in [0.2, 0.25) is 0 Å². The highest BCUT2D eigenvalue weighted by Crippen LogP contribution is 2.18. The fraction of sp³-hybridized carbons (Fsp3) is 0.190. The van der Waals surface area contributed by atoms with E-state index in [2.05, 4.69) is 22.4 Å². The molecule has 1 amide bonds. The van der Waals surface area contributed by atoms with Crippen molar-refractivity contribution in [3.05, 3.63) is 59.7 Å². The number of nitrogens with two attached hydrogens (primary N) is 1. The Kier molecular flexibility index (Phi) is 8.10. The molecule has 2 rings (SSSR count). The number of hydrogen-bond acceptors (Lipinski definition) is 7. The number of carbonyl (C=O) groups is 4. The predicted molar refractivity (Wildman–Crippen MR) is 111 cm³/mol. The first-order chi connectivity index (χ1) is 14.3. The van der Waals surface area contributed by atoms with Gasteiger partial charge in [0, 0.05) is 24.0 Å². The molecule has 0 bridgehead atoms. The number of carboxylic acids is 1. The van der Waals surface area contributed by atoms with E-state index in [1.165, 1.54) is 12.1 Å². The number of carboxylic acid groups (broad SMARTS) is 1. The molecule has 0 heterocycles. The van der Waals surface area contributed by atoms with Crippen molar-refractivity contribution in [2.24, 2.45) is 16.6 Å². The second-order valence-electron chi connectivity index (χ2n) is 6.34. The highest BCUT2D eigenvalue weighted by atomic mass is 32.1. The normalized spacial score (nSPS) is 11.1. The molecule has 1 unspecified atom stereocenters. The van der Waals surface area contributed by atoms with Gasteiger partial charge in [-0.15, -0.1) is 0 Å². The summed E-state index contributed by atoms with van der Waals surface area (Å²) in [5, 5.41) is 11.3. The molecule has 0 aliphatic rings. The fourth-order valence-electron chi connectivity index (χ4n) is 2.60. The molecule has 0 aliphatic carbocycles. The molecule has 0 spiro atoms. The topological polar surface area (TPSA) is 136 Å². The number of Topliss-reactive ketones (excluding diaryl/α,β-unsaturated/α-hetero) is 1. The number of aliphatic carboxylic acids is 1. The fourth-order valence-corrected chi connectivity index (χ4v) is 2.70. The largest absolute Gasteiger partial charge is 0.486 e. The van der Waals surface area contributed by atoms with Crippen molar-refractivity contribution in [2.45, 2.75) is 12.8 Å². The zero-order valence-electron chi connectivity index (χ0n) is 15.7. The molecule has 1 atom stereocenters. The highest BCUT2D eigenvalue weighted by molar-refractivity contribution is 7.78. The van der Waals surface area contributed by atoms with E-state index < -0.39 is 30.0 Å². The van der Waals surface area contributed by atoms with Gasteiger partial charge in [-0.05, 0) is 60.7 Å². The summed E-state index contributed by atoms with van der Waals surface area (Å²) < 4.78 is 5.34. The van der Waals surface area contributed by atoms with Crippen LogP contribution in [0.1, 0.15) is 28.8 Å².